The van der Waals surface area contributed by atoms with Gasteiger partial charge >= 0.3 is 0 Å². The van der Waals surface area contributed by atoms with Crippen LogP contribution >= 0.6 is 12.2 Å². The highest BCUT2D eigenvalue weighted by atomic mass is 32.1. The molecule has 3 heteroatoms. The van der Waals surface area contributed by atoms with E-state index in [2.05, 4.69) is 43.5 Å². The Morgan fingerprint density at radius 3 is 2.68 bits per heavy atom. The van der Waals surface area contributed by atoms with Gasteiger partial charge in [-0.3, -0.25) is 0 Å². The molecule has 0 aromatic heterocycles. The summed E-state index contributed by atoms with van der Waals surface area (Å²) in [6.07, 6.45) is 3.87. The Balaban J connectivity index is 1.93. The Kier molecular flexibility index (Phi) is 4.81. The highest BCUT2D eigenvalue weighted by Gasteiger charge is 2.27. The Hall–Kier alpha value is -1.09. The van der Waals surface area contributed by atoms with E-state index in [0.717, 1.165) is 16.7 Å². The topological polar surface area (TPSA) is 24.1 Å². The number of para-hydroxylation sites is 1. The molecule has 19 heavy (non-hydrogen) atoms. The minimum Gasteiger partial charge on any atom is -0.359 e. The number of rotatable bonds is 2. The number of benzene rings is 1. The maximum Gasteiger partial charge on any atom is 0.171 e. The zero-order chi connectivity index (χ0) is 13.8. The van der Waals surface area contributed by atoms with Crippen molar-refractivity contribution in [1.29, 1.82) is 0 Å². The van der Waals surface area contributed by atoms with E-state index in [1.165, 1.54) is 24.8 Å². The van der Waals surface area contributed by atoms with Crippen molar-refractivity contribution in [1.82, 2.24) is 5.32 Å². The smallest absolute Gasteiger partial charge is 0.171 e. The minimum absolute atomic E-state index is 0.507. The van der Waals surface area contributed by atoms with E-state index in [1.807, 2.05) is 12.1 Å². The first-order valence-corrected chi connectivity index (χ1v) is 7.62. The van der Waals surface area contributed by atoms with Gasteiger partial charge in [0.25, 0.3) is 0 Å². The van der Waals surface area contributed by atoms with Crippen LogP contribution in [0.1, 0.15) is 38.7 Å². The average molecular weight is 276 g/mol. The molecule has 2 N–H and O–H groups in total. The van der Waals surface area contributed by atoms with Crippen LogP contribution in [0.5, 0.6) is 0 Å². The molecule has 1 aromatic carbocycles. The highest BCUT2D eigenvalue weighted by Crippen LogP contribution is 2.29. The van der Waals surface area contributed by atoms with Crippen LogP contribution in [0.3, 0.4) is 0 Å². The van der Waals surface area contributed by atoms with Crippen molar-refractivity contribution < 1.29 is 0 Å². The third-order valence-corrected chi connectivity index (χ3v) is 4.64. The van der Waals surface area contributed by atoms with E-state index in [9.17, 15) is 0 Å². The van der Waals surface area contributed by atoms with Crippen LogP contribution in [-0.2, 0) is 0 Å². The quantitative estimate of drug-likeness (QED) is 0.795. The summed E-state index contributed by atoms with van der Waals surface area (Å²) in [7, 11) is 0. The molecule has 0 unspecified atom stereocenters. The molecule has 0 aliphatic heterocycles. The molecule has 0 radical (unpaired) electrons. The zero-order valence-corrected chi connectivity index (χ0v) is 12.9. The fourth-order valence-corrected chi connectivity index (χ4v) is 3.09. The van der Waals surface area contributed by atoms with Crippen LogP contribution in [0.15, 0.2) is 24.3 Å². The summed E-state index contributed by atoms with van der Waals surface area (Å²) in [6.45, 7) is 6.77. The molecule has 0 spiro atoms. The van der Waals surface area contributed by atoms with E-state index in [1.54, 1.807) is 0 Å². The van der Waals surface area contributed by atoms with Crippen LogP contribution in [-0.4, -0.2) is 11.2 Å². The predicted octanol–water partition coefficient (Wildman–Crippen LogP) is 4.11. The molecule has 0 heterocycles. The van der Waals surface area contributed by atoms with Crippen LogP contribution in [0.25, 0.3) is 0 Å². The molecule has 104 valence electrons. The third kappa shape index (κ3) is 3.69. The summed E-state index contributed by atoms with van der Waals surface area (Å²) in [5, 5.41) is 7.56. The third-order valence-electron chi connectivity index (χ3n) is 4.42. The number of hydrogen-bond acceptors (Lipinski definition) is 1. The first-order chi connectivity index (χ1) is 9.08. The molecule has 0 bridgehead atoms. The summed E-state index contributed by atoms with van der Waals surface area (Å²) >= 11 is 5.45. The van der Waals surface area contributed by atoms with Gasteiger partial charge in [-0.15, -0.1) is 0 Å². The number of hydrogen-bond donors (Lipinski definition) is 2. The minimum atomic E-state index is 0.507. The Morgan fingerprint density at radius 1 is 1.21 bits per heavy atom. The van der Waals surface area contributed by atoms with Gasteiger partial charge in [0.1, 0.15) is 0 Å². The van der Waals surface area contributed by atoms with Crippen molar-refractivity contribution in [2.45, 2.75) is 46.1 Å². The molecule has 0 amide bonds. The highest BCUT2D eigenvalue weighted by molar-refractivity contribution is 7.80. The lowest BCUT2D eigenvalue weighted by Crippen LogP contribution is -2.45. The van der Waals surface area contributed by atoms with Crippen LogP contribution in [0.4, 0.5) is 5.69 Å². The standard InChI is InChI=1S/C16H24N2S/c1-11-8-6-10-15(13(11)3)18-16(19)17-14-9-5-4-7-12(14)2/h4-5,7,9,11,13,15H,6,8,10H2,1-3H3,(H2,17,18,19)/t11-,13+,15+/m1/s1. The molecular formula is C16H24N2S. The lowest BCUT2D eigenvalue weighted by Gasteiger charge is -2.35. The van der Waals surface area contributed by atoms with Gasteiger partial charge < -0.3 is 10.6 Å². The number of anilines is 1. The summed E-state index contributed by atoms with van der Waals surface area (Å²) in [4.78, 5) is 0. The van der Waals surface area contributed by atoms with Crippen molar-refractivity contribution in [3.05, 3.63) is 29.8 Å². The van der Waals surface area contributed by atoms with Crippen molar-refractivity contribution in [3.8, 4) is 0 Å². The summed E-state index contributed by atoms with van der Waals surface area (Å²) in [5.74, 6) is 1.47. The maximum absolute atomic E-state index is 5.45. The van der Waals surface area contributed by atoms with E-state index < -0.39 is 0 Å². The normalized spacial score (nSPS) is 26.8. The van der Waals surface area contributed by atoms with Gasteiger partial charge in [0.15, 0.2) is 5.11 Å². The second-order valence-corrected chi connectivity index (χ2v) is 6.20. The molecule has 1 aliphatic carbocycles. The summed E-state index contributed by atoms with van der Waals surface area (Å²) in [5.41, 5.74) is 2.31. The molecule has 1 saturated carbocycles. The van der Waals surface area contributed by atoms with Crippen LogP contribution in [0, 0.1) is 18.8 Å². The van der Waals surface area contributed by atoms with Gasteiger partial charge in [0.05, 0.1) is 0 Å². The molecule has 1 aromatic rings. The van der Waals surface area contributed by atoms with Gasteiger partial charge in [-0.25, -0.2) is 0 Å². The monoisotopic (exact) mass is 276 g/mol. The van der Waals surface area contributed by atoms with Gasteiger partial charge in [0, 0.05) is 11.7 Å². The van der Waals surface area contributed by atoms with Crippen molar-refractivity contribution >= 4 is 23.0 Å². The Labute approximate surface area is 122 Å². The van der Waals surface area contributed by atoms with Gasteiger partial charge in [0.2, 0.25) is 0 Å². The molecule has 2 rings (SSSR count). The Bertz CT molecular complexity index is 444. The second-order valence-electron chi connectivity index (χ2n) is 5.79. The fourth-order valence-electron chi connectivity index (χ4n) is 2.83. The average Bonchev–Trinajstić information content (AvgIpc) is 2.38. The van der Waals surface area contributed by atoms with Crippen molar-refractivity contribution in [3.63, 3.8) is 0 Å². The van der Waals surface area contributed by atoms with Gasteiger partial charge in [-0.2, -0.15) is 0 Å². The van der Waals surface area contributed by atoms with E-state index >= 15 is 0 Å². The number of thiocarbonyl (C=S) groups is 1. The van der Waals surface area contributed by atoms with Gasteiger partial charge in [-0.05, 0) is 49.0 Å². The summed E-state index contributed by atoms with van der Waals surface area (Å²) in [6, 6.07) is 8.74. The molecular weight excluding hydrogens is 252 g/mol. The van der Waals surface area contributed by atoms with E-state index in [-0.39, 0.29) is 0 Å². The molecule has 3 atom stereocenters. The molecule has 1 fully saturated rings. The van der Waals surface area contributed by atoms with Crippen molar-refractivity contribution in [2.24, 2.45) is 11.8 Å². The lowest BCUT2D eigenvalue weighted by molar-refractivity contribution is 0.225. The van der Waals surface area contributed by atoms with Crippen LogP contribution in [0.2, 0.25) is 0 Å². The molecule has 0 saturated heterocycles. The first-order valence-electron chi connectivity index (χ1n) is 7.21. The zero-order valence-electron chi connectivity index (χ0n) is 12.1. The van der Waals surface area contributed by atoms with E-state index in [0.29, 0.717) is 12.0 Å². The van der Waals surface area contributed by atoms with Crippen LogP contribution < -0.4 is 10.6 Å². The second kappa shape index (κ2) is 6.38. The lowest BCUT2D eigenvalue weighted by atomic mass is 9.78. The first kappa shape index (κ1) is 14.3. The SMILES string of the molecule is Cc1ccccc1NC(=S)N[C@H]1CCC[C@@H](C)[C@@H]1C. The Morgan fingerprint density at radius 2 is 1.95 bits per heavy atom. The number of nitrogens with one attached hydrogen (secondary N) is 2. The van der Waals surface area contributed by atoms with Crippen molar-refractivity contribution in [2.75, 3.05) is 5.32 Å². The van der Waals surface area contributed by atoms with Gasteiger partial charge in [-0.1, -0.05) is 44.9 Å². The summed E-state index contributed by atoms with van der Waals surface area (Å²) < 4.78 is 0. The largest absolute Gasteiger partial charge is 0.359 e. The number of aryl methyl sites for hydroxylation is 1. The maximum atomic E-state index is 5.45. The molecule has 1 aliphatic rings. The van der Waals surface area contributed by atoms with E-state index in [4.69, 9.17) is 12.2 Å². The fraction of sp³-hybridized carbons (Fsp3) is 0.562. The molecule has 2 nitrogen and oxygen atoms in total. The predicted molar refractivity (Wildman–Crippen MR) is 86.5 cm³/mol.